The van der Waals surface area contributed by atoms with E-state index >= 15 is 0 Å². The van der Waals surface area contributed by atoms with E-state index in [-0.39, 0.29) is 10.8 Å². The Hall–Kier alpha value is -1.02. The van der Waals surface area contributed by atoms with Gasteiger partial charge in [0.05, 0.1) is 0 Å². The van der Waals surface area contributed by atoms with Gasteiger partial charge in [-0.3, -0.25) is 0 Å². The first-order valence-electron chi connectivity index (χ1n) is 6.63. The van der Waals surface area contributed by atoms with Crippen LogP contribution in [-0.4, -0.2) is 13.2 Å². The Kier molecular flexibility index (Phi) is 4.44. The number of hydrogen-bond acceptors (Lipinski definition) is 2. The van der Waals surface area contributed by atoms with E-state index in [0.29, 0.717) is 13.2 Å². The van der Waals surface area contributed by atoms with Crippen LogP contribution in [0, 0.1) is 0 Å². The number of hydrogen-bond donors (Lipinski definition) is 1. The van der Waals surface area contributed by atoms with Crippen molar-refractivity contribution in [2.45, 2.75) is 52.4 Å². The van der Waals surface area contributed by atoms with Gasteiger partial charge in [0.2, 0.25) is 0 Å². The van der Waals surface area contributed by atoms with Crippen LogP contribution < -0.4 is 10.5 Å². The molecule has 18 heavy (non-hydrogen) atoms. The van der Waals surface area contributed by atoms with Crippen molar-refractivity contribution < 1.29 is 4.74 Å². The molecule has 0 atom stereocenters. The fraction of sp³-hybridized carbons (Fsp3) is 0.625. The lowest BCUT2D eigenvalue weighted by Crippen LogP contribution is -2.17. The predicted octanol–water partition coefficient (Wildman–Crippen LogP) is 3.62. The molecule has 0 bridgehead atoms. The molecule has 1 aromatic rings. The van der Waals surface area contributed by atoms with Crippen molar-refractivity contribution in [3.63, 3.8) is 0 Å². The molecule has 2 N–H and O–H groups in total. The van der Waals surface area contributed by atoms with Crippen molar-refractivity contribution >= 4 is 0 Å². The van der Waals surface area contributed by atoms with Gasteiger partial charge < -0.3 is 10.5 Å². The van der Waals surface area contributed by atoms with Crippen LogP contribution in [0.5, 0.6) is 5.75 Å². The molecule has 1 rings (SSSR count). The maximum Gasteiger partial charge on any atom is 0.119 e. The van der Waals surface area contributed by atoms with Crippen LogP contribution >= 0.6 is 0 Å². The minimum atomic E-state index is 0.127. The van der Waals surface area contributed by atoms with Gasteiger partial charge in [-0.25, -0.2) is 0 Å². The third kappa shape index (κ3) is 4.02. The third-order valence-corrected chi connectivity index (χ3v) is 3.03. The number of rotatable bonds is 3. The highest BCUT2D eigenvalue weighted by Gasteiger charge is 2.20. The molecule has 2 nitrogen and oxygen atoms in total. The first kappa shape index (κ1) is 15.0. The minimum Gasteiger partial charge on any atom is -0.492 e. The van der Waals surface area contributed by atoms with Gasteiger partial charge in [0.1, 0.15) is 12.4 Å². The average Bonchev–Trinajstić information content (AvgIpc) is 2.23. The lowest BCUT2D eigenvalue weighted by molar-refractivity contribution is 0.326. The monoisotopic (exact) mass is 249 g/mol. The lowest BCUT2D eigenvalue weighted by atomic mass is 9.80. The van der Waals surface area contributed by atoms with Crippen molar-refractivity contribution in [3.05, 3.63) is 29.3 Å². The maximum absolute atomic E-state index is 5.70. The molecule has 102 valence electrons. The summed E-state index contributed by atoms with van der Waals surface area (Å²) in [5, 5.41) is 0. The van der Waals surface area contributed by atoms with E-state index in [0.717, 1.165) is 5.75 Å². The van der Waals surface area contributed by atoms with Crippen molar-refractivity contribution in [1.82, 2.24) is 0 Å². The first-order valence-corrected chi connectivity index (χ1v) is 6.63. The molecule has 0 aliphatic carbocycles. The van der Waals surface area contributed by atoms with E-state index < -0.39 is 0 Å². The lowest BCUT2D eigenvalue weighted by Gasteiger charge is -2.26. The molecule has 0 amide bonds. The molecule has 2 heteroatoms. The molecule has 0 spiro atoms. The third-order valence-electron chi connectivity index (χ3n) is 3.03. The average molecular weight is 249 g/mol. The van der Waals surface area contributed by atoms with Crippen LogP contribution in [0.2, 0.25) is 0 Å². The summed E-state index contributed by atoms with van der Waals surface area (Å²) in [6.07, 6.45) is 0. The van der Waals surface area contributed by atoms with Crippen molar-refractivity contribution in [3.8, 4) is 5.75 Å². The molecule has 0 saturated heterocycles. The maximum atomic E-state index is 5.70. The van der Waals surface area contributed by atoms with Crippen molar-refractivity contribution in [2.24, 2.45) is 5.73 Å². The van der Waals surface area contributed by atoms with Gasteiger partial charge in [0.25, 0.3) is 0 Å². The van der Waals surface area contributed by atoms with E-state index in [1.807, 2.05) is 0 Å². The number of benzene rings is 1. The topological polar surface area (TPSA) is 35.2 Å². The van der Waals surface area contributed by atoms with Gasteiger partial charge in [-0.1, -0.05) is 47.6 Å². The molecule has 0 aliphatic heterocycles. The van der Waals surface area contributed by atoms with Crippen LogP contribution in [0.4, 0.5) is 0 Å². The van der Waals surface area contributed by atoms with Gasteiger partial charge in [0, 0.05) is 6.54 Å². The predicted molar refractivity (Wildman–Crippen MR) is 78.4 cm³/mol. The molecule has 1 aromatic carbocycles. The van der Waals surface area contributed by atoms with Gasteiger partial charge in [-0.05, 0) is 34.1 Å². The molecule has 0 aromatic heterocycles. The minimum absolute atomic E-state index is 0.127. The Morgan fingerprint density at radius 3 is 1.67 bits per heavy atom. The SMILES string of the molecule is CC(C)(C)c1cc(OCCN)cc(C(C)(C)C)c1. The summed E-state index contributed by atoms with van der Waals surface area (Å²) in [5.74, 6) is 0.929. The second kappa shape index (κ2) is 5.31. The number of nitrogens with two attached hydrogens (primary N) is 1. The van der Waals surface area contributed by atoms with Crippen molar-refractivity contribution in [1.29, 1.82) is 0 Å². The van der Waals surface area contributed by atoms with E-state index in [1.54, 1.807) is 0 Å². The molecule has 0 radical (unpaired) electrons. The Morgan fingerprint density at radius 2 is 1.33 bits per heavy atom. The molecule has 0 saturated carbocycles. The molecule has 0 heterocycles. The standard InChI is InChI=1S/C16H27NO/c1-15(2,3)12-9-13(16(4,5)6)11-14(10-12)18-8-7-17/h9-11H,7-8,17H2,1-6H3. The summed E-state index contributed by atoms with van der Waals surface area (Å²) in [6, 6.07) is 6.55. The summed E-state index contributed by atoms with van der Waals surface area (Å²) >= 11 is 0. The molecular weight excluding hydrogens is 222 g/mol. The highest BCUT2D eigenvalue weighted by atomic mass is 16.5. The molecular formula is C16H27NO. The smallest absolute Gasteiger partial charge is 0.119 e. The van der Waals surface area contributed by atoms with Crippen LogP contribution in [0.15, 0.2) is 18.2 Å². The Bertz CT molecular complexity index is 364. The van der Waals surface area contributed by atoms with Gasteiger partial charge in [-0.2, -0.15) is 0 Å². The summed E-state index contributed by atoms with van der Waals surface area (Å²) in [5.41, 5.74) is 8.37. The fourth-order valence-electron chi connectivity index (χ4n) is 1.73. The quantitative estimate of drug-likeness (QED) is 0.888. The van der Waals surface area contributed by atoms with E-state index in [2.05, 4.69) is 59.7 Å². The van der Waals surface area contributed by atoms with E-state index in [9.17, 15) is 0 Å². The largest absolute Gasteiger partial charge is 0.492 e. The number of ether oxygens (including phenoxy) is 1. The zero-order chi connectivity index (χ0) is 14.0. The fourth-order valence-corrected chi connectivity index (χ4v) is 1.73. The second-order valence-corrected chi connectivity index (χ2v) is 6.88. The van der Waals surface area contributed by atoms with E-state index in [4.69, 9.17) is 10.5 Å². The molecule has 0 aliphatic rings. The molecule has 0 fully saturated rings. The van der Waals surface area contributed by atoms with Crippen LogP contribution in [0.1, 0.15) is 52.7 Å². The Morgan fingerprint density at radius 1 is 0.889 bits per heavy atom. The van der Waals surface area contributed by atoms with Crippen molar-refractivity contribution in [2.75, 3.05) is 13.2 Å². The summed E-state index contributed by atoms with van der Waals surface area (Å²) < 4.78 is 5.70. The highest BCUT2D eigenvalue weighted by Crippen LogP contribution is 2.32. The molecule has 0 unspecified atom stereocenters. The van der Waals surface area contributed by atoms with Crippen LogP contribution in [0.25, 0.3) is 0 Å². The zero-order valence-corrected chi connectivity index (χ0v) is 12.6. The van der Waals surface area contributed by atoms with Crippen LogP contribution in [-0.2, 0) is 10.8 Å². The first-order chi connectivity index (χ1) is 8.14. The van der Waals surface area contributed by atoms with Gasteiger partial charge in [-0.15, -0.1) is 0 Å². The normalized spacial score (nSPS) is 12.6. The van der Waals surface area contributed by atoms with Gasteiger partial charge >= 0.3 is 0 Å². The van der Waals surface area contributed by atoms with Crippen LogP contribution in [0.3, 0.4) is 0 Å². The van der Waals surface area contributed by atoms with E-state index in [1.165, 1.54) is 11.1 Å². The highest BCUT2D eigenvalue weighted by molar-refractivity contribution is 5.40. The summed E-state index contributed by atoms with van der Waals surface area (Å²) in [7, 11) is 0. The summed E-state index contributed by atoms with van der Waals surface area (Å²) in [4.78, 5) is 0. The Balaban J connectivity index is 3.21. The second-order valence-electron chi connectivity index (χ2n) is 6.88. The Labute approximate surface area is 112 Å². The van der Waals surface area contributed by atoms with Gasteiger partial charge in [0.15, 0.2) is 0 Å². The summed E-state index contributed by atoms with van der Waals surface area (Å²) in [6.45, 7) is 14.5. The zero-order valence-electron chi connectivity index (χ0n) is 12.6.